The van der Waals surface area contributed by atoms with Gasteiger partial charge in [-0.1, -0.05) is 18.2 Å². The Labute approximate surface area is 113 Å². The van der Waals surface area contributed by atoms with Gasteiger partial charge in [0.25, 0.3) is 0 Å². The van der Waals surface area contributed by atoms with Crippen LogP contribution < -0.4 is 0 Å². The van der Waals surface area contributed by atoms with E-state index in [1.54, 1.807) is 12.1 Å². The van der Waals surface area contributed by atoms with Crippen LogP contribution in [0.25, 0.3) is 0 Å². The van der Waals surface area contributed by atoms with Crippen molar-refractivity contribution in [2.45, 2.75) is 43.6 Å². The zero-order chi connectivity index (χ0) is 13.5. The first kappa shape index (κ1) is 12.6. The zero-order valence-electron chi connectivity index (χ0n) is 11.1. The van der Waals surface area contributed by atoms with E-state index in [9.17, 15) is 9.90 Å². The maximum absolute atomic E-state index is 12.0. The number of rotatable bonds is 2. The Morgan fingerprint density at radius 2 is 2.16 bits per heavy atom. The van der Waals surface area contributed by atoms with E-state index >= 15 is 0 Å². The predicted octanol–water partition coefficient (Wildman–Crippen LogP) is 1.79. The molecule has 0 unspecified atom stereocenters. The van der Waals surface area contributed by atoms with Crippen LogP contribution in [0.2, 0.25) is 0 Å². The quantitative estimate of drug-likeness (QED) is 0.825. The summed E-state index contributed by atoms with van der Waals surface area (Å²) in [5.41, 5.74) is -0.217. The van der Waals surface area contributed by atoms with Gasteiger partial charge in [-0.05, 0) is 32.0 Å². The van der Waals surface area contributed by atoms with Gasteiger partial charge in [0.05, 0.1) is 5.56 Å². The summed E-state index contributed by atoms with van der Waals surface area (Å²) in [5, 5.41) is 10.5. The molecule has 2 fully saturated rings. The highest BCUT2D eigenvalue weighted by atomic mass is 16.5. The molecule has 0 aromatic heterocycles. The second-order valence-corrected chi connectivity index (χ2v) is 5.62. The van der Waals surface area contributed by atoms with Gasteiger partial charge in [-0.2, -0.15) is 0 Å². The van der Waals surface area contributed by atoms with Crippen LogP contribution in [0, 0.1) is 0 Å². The number of aliphatic hydroxyl groups is 1. The third-order valence-corrected chi connectivity index (χ3v) is 4.45. The summed E-state index contributed by atoms with van der Waals surface area (Å²) in [7, 11) is 1.95. The van der Waals surface area contributed by atoms with Gasteiger partial charge in [0.2, 0.25) is 0 Å². The van der Waals surface area contributed by atoms with Gasteiger partial charge in [0.1, 0.15) is 11.8 Å². The molecule has 3 rings (SSSR count). The van der Waals surface area contributed by atoms with Crippen LogP contribution in [0.1, 0.15) is 36.0 Å². The van der Waals surface area contributed by atoms with Crippen molar-refractivity contribution in [3.63, 3.8) is 0 Å². The molecular weight excluding hydrogens is 242 g/mol. The van der Waals surface area contributed by atoms with E-state index in [0.29, 0.717) is 18.0 Å². The molecule has 1 aromatic rings. The Kier molecular flexibility index (Phi) is 3.07. The number of fused-ring (bicyclic) bond motifs is 2. The molecule has 1 N–H and O–H groups in total. The minimum Gasteiger partial charge on any atom is -0.459 e. The molecule has 2 bridgehead atoms. The SMILES string of the molecule is CN1[C@@H]2CC[C@@]1(O)C[C@H](OC(=O)c1ccccc1)C2. The molecule has 0 aliphatic carbocycles. The van der Waals surface area contributed by atoms with Crippen LogP contribution in [0.15, 0.2) is 30.3 Å². The van der Waals surface area contributed by atoms with E-state index in [1.165, 1.54) is 0 Å². The molecule has 102 valence electrons. The number of carbonyl (C=O) groups is 1. The Bertz CT molecular complexity index is 476. The average molecular weight is 261 g/mol. The lowest BCUT2D eigenvalue weighted by atomic mass is 9.97. The molecule has 2 aliphatic rings. The van der Waals surface area contributed by atoms with Crippen molar-refractivity contribution in [3.8, 4) is 0 Å². The topological polar surface area (TPSA) is 49.8 Å². The van der Waals surface area contributed by atoms with E-state index in [0.717, 1.165) is 19.3 Å². The van der Waals surface area contributed by atoms with Crippen LogP contribution in [-0.4, -0.2) is 40.9 Å². The monoisotopic (exact) mass is 261 g/mol. The Morgan fingerprint density at radius 3 is 2.84 bits per heavy atom. The lowest BCUT2D eigenvalue weighted by Gasteiger charge is -2.41. The van der Waals surface area contributed by atoms with Crippen molar-refractivity contribution in [2.24, 2.45) is 0 Å². The van der Waals surface area contributed by atoms with Crippen LogP contribution >= 0.6 is 0 Å². The van der Waals surface area contributed by atoms with Crippen LogP contribution in [0.5, 0.6) is 0 Å². The standard InChI is InChI=1S/C15H19NO3/c1-16-12-7-8-15(16,18)10-13(9-12)19-14(17)11-5-3-2-4-6-11/h2-6,12-13,18H,7-10H2,1H3/t12-,13-,15-/m1/s1. The van der Waals surface area contributed by atoms with Gasteiger partial charge in [-0.3, -0.25) is 4.90 Å². The van der Waals surface area contributed by atoms with Gasteiger partial charge in [-0.15, -0.1) is 0 Å². The fourth-order valence-electron chi connectivity index (χ4n) is 3.26. The molecule has 19 heavy (non-hydrogen) atoms. The van der Waals surface area contributed by atoms with E-state index in [4.69, 9.17) is 4.74 Å². The molecule has 0 spiro atoms. The summed E-state index contributed by atoms with van der Waals surface area (Å²) in [4.78, 5) is 14.0. The van der Waals surface area contributed by atoms with Crippen LogP contribution in [-0.2, 0) is 4.74 Å². The second-order valence-electron chi connectivity index (χ2n) is 5.62. The fourth-order valence-corrected chi connectivity index (χ4v) is 3.26. The summed E-state index contributed by atoms with van der Waals surface area (Å²) in [6.07, 6.45) is 2.90. The number of esters is 1. The summed E-state index contributed by atoms with van der Waals surface area (Å²) in [5.74, 6) is -0.293. The fraction of sp³-hybridized carbons (Fsp3) is 0.533. The minimum absolute atomic E-state index is 0.179. The predicted molar refractivity (Wildman–Crippen MR) is 70.6 cm³/mol. The maximum Gasteiger partial charge on any atom is 0.338 e. The van der Waals surface area contributed by atoms with Crippen molar-refractivity contribution in [1.82, 2.24) is 4.90 Å². The molecule has 2 aliphatic heterocycles. The molecule has 0 amide bonds. The first-order valence-corrected chi connectivity index (χ1v) is 6.80. The summed E-state index contributed by atoms with van der Waals surface area (Å²) < 4.78 is 5.55. The number of hydrogen-bond acceptors (Lipinski definition) is 4. The van der Waals surface area contributed by atoms with Crippen molar-refractivity contribution in [3.05, 3.63) is 35.9 Å². The van der Waals surface area contributed by atoms with Gasteiger partial charge < -0.3 is 9.84 Å². The summed E-state index contributed by atoms with van der Waals surface area (Å²) in [6.45, 7) is 0. The lowest BCUT2D eigenvalue weighted by molar-refractivity contribution is -0.137. The molecular formula is C15H19NO3. The van der Waals surface area contributed by atoms with Gasteiger partial charge in [0.15, 0.2) is 0 Å². The normalized spacial score (nSPS) is 34.2. The van der Waals surface area contributed by atoms with E-state index in [-0.39, 0.29) is 12.1 Å². The highest BCUT2D eigenvalue weighted by Gasteiger charge is 2.49. The third kappa shape index (κ3) is 2.26. The first-order chi connectivity index (χ1) is 9.08. The Balaban J connectivity index is 1.68. The maximum atomic E-state index is 12.0. The number of benzene rings is 1. The molecule has 4 nitrogen and oxygen atoms in total. The molecule has 4 heteroatoms. The molecule has 1 aromatic carbocycles. The number of nitrogens with zero attached hydrogens (tertiary/aromatic N) is 1. The molecule has 2 heterocycles. The van der Waals surface area contributed by atoms with E-state index in [1.807, 2.05) is 30.1 Å². The van der Waals surface area contributed by atoms with E-state index < -0.39 is 5.72 Å². The average Bonchev–Trinajstić information content (AvgIpc) is 2.60. The Hall–Kier alpha value is -1.39. The number of carbonyl (C=O) groups excluding carboxylic acids is 1. The van der Waals surface area contributed by atoms with Gasteiger partial charge >= 0.3 is 5.97 Å². The smallest absolute Gasteiger partial charge is 0.338 e. The summed E-state index contributed by atoms with van der Waals surface area (Å²) >= 11 is 0. The van der Waals surface area contributed by atoms with E-state index in [2.05, 4.69) is 0 Å². The Morgan fingerprint density at radius 1 is 1.42 bits per heavy atom. The van der Waals surface area contributed by atoms with Gasteiger partial charge in [0, 0.05) is 18.9 Å². The third-order valence-electron chi connectivity index (χ3n) is 4.45. The van der Waals surface area contributed by atoms with Crippen molar-refractivity contribution in [1.29, 1.82) is 0 Å². The first-order valence-electron chi connectivity index (χ1n) is 6.80. The number of ether oxygens (including phenoxy) is 1. The number of piperidine rings is 1. The molecule has 3 atom stereocenters. The summed E-state index contributed by atoms with van der Waals surface area (Å²) in [6, 6.07) is 9.34. The van der Waals surface area contributed by atoms with Crippen LogP contribution in [0.4, 0.5) is 0 Å². The van der Waals surface area contributed by atoms with Gasteiger partial charge in [-0.25, -0.2) is 4.79 Å². The molecule has 2 saturated heterocycles. The van der Waals surface area contributed by atoms with Crippen molar-refractivity contribution >= 4 is 5.97 Å². The van der Waals surface area contributed by atoms with Crippen molar-refractivity contribution in [2.75, 3.05) is 7.05 Å². The van der Waals surface area contributed by atoms with Crippen molar-refractivity contribution < 1.29 is 14.6 Å². The lowest BCUT2D eigenvalue weighted by Crippen LogP contribution is -2.52. The highest BCUT2D eigenvalue weighted by molar-refractivity contribution is 5.89. The molecule has 0 saturated carbocycles. The number of hydrogen-bond donors (Lipinski definition) is 1. The van der Waals surface area contributed by atoms with Crippen LogP contribution in [0.3, 0.4) is 0 Å². The zero-order valence-corrected chi connectivity index (χ0v) is 11.1. The second kappa shape index (κ2) is 4.62. The minimum atomic E-state index is -0.787. The largest absolute Gasteiger partial charge is 0.459 e. The molecule has 0 radical (unpaired) electrons. The highest BCUT2D eigenvalue weighted by Crippen LogP contribution is 2.42.